The molecule has 102 valence electrons. The second-order valence-corrected chi connectivity index (χ2v) is 4.71. The number of nitrogens with zero attached hydrogens (tertiary/aromatic N) is 3. The third-order valence-electron chi connectivity index (χ3n) is 3.42. The molecule has 0 aliphatic carbocycles. The first kappa shape index (κ1) is 13.1. The summed E-state index contributed by atoms with van der Waals surface area (Å²) < 4.78 is 1.54. The van der Waals surface area contributed by atoms with Crippen molar-refractivity contribution in [3.05, 3.63) is 70.3 Å². The van der Waals surface area contributed by atoms with E-state index >= 15 is 0 Å². The van der Waals surface area contributed by atoms with E-state index in [0.29, 0.717) is 23.2 Å². The summed E-state index contributed by atoms with van der Waals surface area (Å²) >= 11 is 0. The van der Waals surface area contributed by atoms with E-state index in [1.807, 2.05) is 25.1 Å². The van der Waals surface area contributed by atoms with Crippen LogP contribution < -0.4 is 5.56 Å². The number of fused-ring (bicyclic) bond motifs is 1. The van der Waals surface area contributed by atoms with Crippen molar-refractivity contribution in [3.63, 3.8) is 0 Å². The zero-order valence-electron chi connectivity index (χ0n) is 11.6. The number of aromatic nitrogens is 2. The molecule has 2 heterocycles. The quantitative estimate of drug-likeness (QED) is 0.722. The number of hydrogen-bond donors (Lipinski definition) is 0. The molecule has 0 aliphatic rings. The van der Waals surface area contributed by atoms with Gasteiger partial charge in [0.05, 0.1) is 22.9 Å². The Morgan fingerprint density at radius 3 is 2.86 bits per heavy atom. The van der Waals surface area contributed by atoms with Crippen LogP contribution in [0.4, 0.5) is 0 Å². The Morgan fingerprint density at radius 1 is 1.24 bits per heavy atom. The van der Waals surface area contributed by atoms with Crippen molar-refractivity contribution in [1.82, 2.24) is 9.38 Å². The van der Waals surface area contributed by atoms with Gasteiger partial charge in [0.2, 0.25) is 0 Å². The van der Waals surface area contributed by atoms with Crippen molar-refractivity contribution in [1.29, 1.82) is 5.26 Å². The van der Waals surface area contributed by atoms with E-state index in [-0.39, 0.29) is 5.56 Å². The molecule has 3 rings (SSSR count). The maximum Gasteiger partial charge on any atom is 0.265 e. The molecule has 0 saturated carbocycles. The Labute approximate surface area is 121 Å². The molecule has 4 nitrogen and oxygen atoms in total. The Morgan fingerprint density at radius 2 is 2.10 bits per heavy atom. The lowest BCUT2D eigenvalue weighted by molar-refractivity contribution is 0.971. The molecule has 4 heteroatoms. The zero-order valence-corrected chi connectivity index (χ0v) is 11.6. The minimum atomic E-state index is -0.104. The molecule has 0 bridgehead atoms. The molecule has 2 aromatic heterocycles. The molecule has 0 spiro atoms. The van der Waals surface area contributed by atoms with Crippen molar-refractivity contribution >= 4 is 5.65 Å². The largest absolute Gasteiger partial charge is 0.268 e. The number of rotatable bonds is 2. The first-order chi connectivity index (χ1) is 10.2. The normalized spacial score (nSPS) is 10.5. The fraction of sp³-hybridized carbons (Fsp3) is 0.118. The van der Waals surface area contributed by atoms with E-state index in [4.69, 9.17) is 5.26 Å². The first-order valence-electron chi connectivity index (χ1n) is 6.75. The number of hydrogen-bond acceptors (Lipinski definition) is 3. The van der Waals surface area contributed by atoms with Gasteiger partial charge in [-0.15, -0.1) is 0 Å². The molecule has 21 heavy (non-hydrogen) atoms. The molecule has 0 unspecified atom stereocenters. The molecular weight excluding hydrogens is 262 g/mol. The fourth-order valence-electron chi connectivity index (χ4n) is 2.43. The smallest absolute Gasteiger partial charge is 0.265 e. The van der Waals surface area contributed by atoms with Crippen molar-refractivity contribution in [2.24, 2.45) is 0 Å². The average Bonchev–Trinajstić information content (AvgIpc) is 2.54. The number of nitriles is 1. The standard InChI is InChI=1S/C17H13N3O/c1-2-14-16(13-7-5-6-12(10-13)11-18)17(21)20-9-4-3-8-15(20)19-14/h3-10H,2H2,1H3. The van der Waals surface area contributed by atoms with Crippen LogP contribution in [-0.4, -0.2) is 9.38 Å². The zero-order chi connectivity index (χ0) is 14.8. The molecule has 0 atom stereocenters. The fourth-order valence-corrected chi connectivity index (χ4v) is 2.43. The lowest BCUT2D eigenvalue weighted by Crippen LogP contribution is -2.19. The van der Waals surface area contributed by atoms with Crippen LogP contribution in [0.1, 0.15) is 18.2 Å². The van der Waals surface area contributed by atoms with Crippen LogP contribution in [-0.2, 0) is 6.42 Å². The highest BCUT2D eigenvalue weighted by atomic mass is 16.1. The molecule has 1 aromatic carbocycles. The van der Waals surface area contributed by atoms with E-state index in [0.717, 1.165) is 11.3 Å². The number of benzene rings is 1. The van der Waals surface area contributed by atoms with E-state index in [9.17, 15) is 4.79 Å². The van der Waals surface area contributed by atoms with Crippen molar-refractivity contribution in [2.75, 3.05) is 0 Å². The van der Waals surface area contributed by atoms with Crippen molar-refractivity contribution < 1.29 is 0 Å². The van der Waals surface area contributed by atoms with Gasteiger partial charge in [-0.05, 0) is 36.2 Å². The monoisotopic (exact) mass is 275 g/mol. The minimum absolute atomic E-state index is 0.104. The second kappa shape index (κ2) is 5.22. The third-order valence-corrected chi connectivity index (χ3v) is 3.42. The van der Waals surface area contributed by atoms with E-state index in [1.165, 1.54) is 4.40 Å². The molecular formula is C17H13N3O. The predicted octanol–water partition coefficient (Wildman–Crippen LogP) is 2.80. The summed E-state index contributed by atoms with van der Waals surface area (Å²) in [5.41, 5.74) is 3.13. The number of pyridine rings is 1. The predicted molar refractivity (Wildman–Crippen MR) is 81.0 cm³/mol. The van der Waals surface area contributed by atoms with E-state index in [2.05, 4.69) is 11.1 Å². The van der Waals surface area contributed by atoms with Gasteiger partial charge in [-0.2, -0.15) is 5.26 Å². The Kier molecular flexibility index (Phi) is 3.25. The van der Waals surface area contributed by atoms with Gasteiger partial charge < -0.3 is 0 Å². The van der Waals surface area contributed by atoms with Gasteiger partial charge in [-0.1, -0.05) is 25.1 Å². The van der Waals surface area contributed by atoms with Gasteiger partial charge in [0.25, 0.3) is 5.56 Å². The van der Waals surface area contributed by atoms with Crippen LogP contribution in [0.5, 0.6) is 0 Å². The van der Waals surface area contributed by atoms with Gasteiger partial charge in [-0.3, -0.25) is 9.20 Å². The maximum atomic E-state index is 12.7. The summed E-state index contributed by atoms with van der Waals surface area (Å²) in [6.45, 7) is 1.97. The summed E-state index contributed by atoms with van der Waals surface area (Å²) in [6.07, 6.45) is 2.37. The van der Waals surface area contributed by atoms with Crippen LogP contribution >= 0.6 is 0 Å². The topological polar surface area (TPSA) is 58.2 Å². The summed E-state index contributed by atoms with van der Waals surface area (Å²) in [7, 11) is 0. The van der Waals surface area contributed by atoms with E-state index < -0.39 is 0 Å². The van der Waals surface area contributed by atoms with Gasteiger partial charge in [0.15, 0.2) is 0 Å². The Balaban J connectivity index is 2.38. The highest BCUT2D eigenvalue weighted by Gasteiger charge is 2.13. The van der Waals surface area contributed by atoms with Crippen LogP contribution in [0.3, 0.4) is 0 Å². The number of aryl methyl sites for hydroxylation is 1. The van der Waals surface area contributed by atoms with Crippen LogP contribution in [0.25, 0.3) is 16.8 Å². The molecule has 3 aromatic rings. The summed E-state index contributed by atoms with van der Waals surface area (Å²) in [6, 6.07) is 14.7. The van der Waals surface area contributed by atoms with Gasteiger partial charge in [0.1, 0.15) is 5.65 Å². The lowest BCUT2D eigenvalue weighted by Gasteiger charge is -2.09. The highest BCUT2D eigenvalue weighted by molar-refractivity contribution is 5.68. The van der Waals surface area contributed by atoms with Gasteiger partial charge in [-0.25, -0.2) is 4.98 Å². The molecule has 0 fully saturated rings. The maximum absolute atomic E-state index is 12.7. The van der Waals surface area contributed by atoms with Crippen molar-refractivity contribution in [3.8, 4) is 17.2 Å². The van der Waals surface area contributed by atoms with E-state index in [1.54, 1.807) is 30.5 Å². The lowest BCUT2D eigenvalue weighted by atomic mass is 10.0. The van der Waals surface area contributed by atoms with Gasteiger partial charge >= 0.3 is 0 Å². The van der Waals surface area contributed by atoms with Crippen LogP contribution in [0, 0.1) is 11.3 Å². The molecule has 0 saturated heterocycles. The highest BCUT2D eigenvalue weighted by Crippen LogP contribution is 2.21. The molecule has 0 aliphatic heterocycles. The summed E-state index contributed by atoms with van der Waals surface area (Å²) in [5.74, 6) is 0. The summed E-state index contributed by atoms with van der Waals surface area (Å²) in [4.78, 5) is 17.3. The van der Waals surface area contributed by atoms with Crippen LogP contribution in [0.2, 0.25) is 0 Å². The third kappa shape index (κ3) is 2.19. The average molecular weight is 275 g/mol. The Bertz CT molecular complexity index is 919. The van der Waals surface area contributed by atoms with Crippen LogP contribution in [0.15, 0.2) is 53.5 Å². The van der Waals surface area contributed by atoms with Gasteiger partial charge in [0, 0.05) is 6.20 Å². The molecule has 0 radical (unpaired) electrons. The Hall–Kier alpha value is -2.93. The molecule has 0 amide bonds. The van der Waals surface area contributed by atoms with Crippen molar-refractivity contribution in [2.45, 2.75) is 13.3 Å². The minimum Gasteiger partial charge on any atom is -0.268 e. The SMILES string of the molecule is CCc1nc2ccccn2c(=O)c1-c1cccc(C#N)c1. The summed E-state index contributed by atoms with van der Waals surface area (Å²) in [5, 5.41) is 9.03. The second-order valence-electron chi connectivity index (χ2n) is 4.71. The first-order valence-corrected chi connectivity index (χ1v) is 6.75. The molecule has 0 N–H and O–H groups in total.